The van der Waals surface area contributed by atoms with Crippen molar-refractivity contribution in [2.45, 2.75) is 6.18 Å². The quantitative estimate of drug-likeness (QED) is 0.638. The summed E-state index contributed by atoms with van der Waals surface area (Å²) in [5.41, 5.74) is 0.246. The van der Waals surface area contributed by atoms with Gasteiger partial charge >= 0.3 is 6.18 Å². The fraction of sp³-hybridized carbons (Fsp3) is 0.0769. The van der Waals surface area contributed by atoms with Gasteiger partial charge in [-0.2, -0.15) is 13.2 Å². The number of halogens is 4. The van der Waals surface area contributed by atoms with E-state index in [4.69, 9.17) is 0 Å². The number of hydrogen-bond donors (Lipinski definition) is 0. The van der Waals surface area contributed by atoms with Crippen molar-refractivity contribution in [3.05, 3.63) is 57.7 Å². The highest BCUT2D eigenvalue weighted by Gasteiger charge is 2.33. The fourth-order valence-electron chi connectivity index (χ4n) is 1.64. The lowest BCUT2D eigenvalue weighted by molar-refractivity contribution is -0.137. The van der Waals surface area contributed by atoms with Crippen LogP contribution in [-0.2, 0) is 6.18 Å². The molecule has 4 heteroatoms. The monoisotopic (exact) mass is 348 g/mol. The van der Waals surface area contributed by atoms with Gasteiger partial charge in [-0.05, 0) is 45.9 Å². The van der Waals surface area contributed by atoms with Crippen LogP contribution in [0.1, 0.15) is 5.56 Å². The Morgan fingerprint density at radius 1 is 0.765 bits per heavy atom. The second-order valence-corrected chi connectivity index (χ2v) is 4.69. The van der Waals surface area contributed by atoms with Crippen LogP contribution < -0.4 is 0 Å². The summed E-state index contributed by atoms with van der Waals surface area (Å²) >= 11 is 2.04. The van der Waals surface area contributed by atoms with E-state index in [1.807, 2.05) is 28.7 Å². The Balaban J connectivity index is 2.65. The highest BCUT2D eigenvalue weighted by Crippen LogP contribution is 2.38. The smallest absolute Gasteiger partial charge is 0.166 e. The van der Waals surface area contributed by atoms with Gasteiger partial charge in [0.15, 0.2) is 0 Å². The molecule has 2 rings (SSSR count). The van der Waals surface area contributed by atoms with Gasteiger partial charge in [-0.3, -0.25) is 0 Å². The molecule has 0 saturated heterocycles. The van der Waals surface area contributed by atoms with Gasteiger partial charge in [0.1, 0.15) is 0 Å². The third kappa shape index (κ3) is 2.62. The molecule has 0 unspecified atom stereocenters. The predicted molar refractivity (Wildman–Crippen MR) is 69.6 cm³/mol. The highest BCUT2D eigenvalue weighted by molar-refractivity contribution is 14.1. The Morgan fingerprint density at radius 3 is 1.88 bits per heavy atom. The summed E-state index contributed by atoms with van der Waals surface area (Å²) < 4.78 is 39.4. The van der Waals surface area contributed by atoms with Crippen LogP contribution in [0, 0.1) is 3.57 Å². The molecule has 0 aliphatic heterocycles. The van der Waals surface area contributed by atoms with Crippen LogP contribution in [0.5, 0.6) is 0 Å². The van der Waals surface area contributed by atoms with Crippen molar-refractivity contribution in [3.8, 4) is 11.1 Å². The van der Waals surface area contributed by atoms with Gasteiger partial charge < -0.3 is 0 Å². The minimum atomic E-state index is -4.32. The van der Waals surface area contributed by atoms with E-state index >= 15 is 0 Å². The van der Waals surface area contributed by atoms with Crippen molar-refractivity contribution in [1.29, 1.82) is 0 Å². The van der Waals surface area contributed by atoms with E-state index in [0.717, 1.165) is 9.64 Å². The van der Waals surface area contributed by atoms with Crippen LogP contribution >= 0.6 is 22.6 Å². The summed E-state index contributed by atoms with van der Waals surface area (Å²) in [5, 5.41) is 0. The van der Waals surface area contributed by atoms with Gasteiger partial charge in [0.25, 0.3) is 0 Å². The second-order valence-electron chi connectivity index (χ2n) is 3.52. The maximum absolute atomic E-state index is 12.9. The molecule has 17 heavy (non-hydrogen) atoms. The lowest BCUT2D eigenvalue weighted by atomic mass is 9.99. The molecule has 0 radical (unpaired) electrons. The van der Waals surface area contributed by atoms with E-state index in [2.05, 4.69) is 0 Å². The zero-order chi connectivity index (χ0) is 12.5. The average molecular weight is 348 g/mol. The minimum absolute atomic E-state index is 0.227. The molecule has 0 saturated carbocycles. The Bertz CT molecular complexity index is 532. The molecule has 2 aromatic rings. The topological polar surface area (TPSA) is 0 Å². The first kappa shape index (κ1) is 12.4. The van der Waals surface area contributed by atoms with Crippen molar-refractivity contribution < 1.29 is 13.2 Å². The van der Waals surface area contributed by atoms with Crippen molar-refractivity contribution in [3.63, 3.8) is 0 Å². The Labute approximate surface area is 111 Å². The molecule has 0 bridgehead atoms. The molecule has 0 fully saturated rings. The molecule has 2 aromatic carbocycles. The van der Waals surface area contributed by atoms with Gasteiger partial charge in [-0.25, -0.2) is 0 Å². The molecule has 0 atom stereocenters. The lowest BCUT2D eigenvalue weighted by Gasteiger charge is -2.13. The van der Waals surface area contributed by atoms with Crippen molar-refractivity contribution >= 4 is 22.6 Å². The SMILES string of the molecule is FC(F)(F)c1ccccc1-c1ccccc1I. The largest absolute Gasteiger partial charge is 0.417 e. The number of hydrogen-bond acceptors (Lipinski definition) is 0. The first-order chi connectivity index (χ1) is 8.00. The number of benzene rings is 2. The average Bonchev–Trinajstić information content (AvgIpc) is 2.28. The van der Waals surface area contributed by atoms with Crippen LogP contribution in [0.4, 0.5) is 13.2 Å². The summed E-state index contributed by atoms with van der Waals surface area (Å²) in [6.45, 7) is 0. The van der Waals surface area contributed by atoms with Crippen LogP contribution in [0.15, 0.2) is 48.5 Å². The fourth-order valence-corrected chi connectivity index (χ4v) is 2.32. The summed E-state index contributed by atoms with van der Waals surface area (Å²) in [5.74, 6) is 0. The number of rotatable bonds is 1. The zero-order valence-corrected chi connectivity index (χ0v) is 10.8. The standard InChI is InChI=1S/C13H8F3I/c14-13(15,16)11-7-3-1-5-9(11)10-6-2-4-8-12(10)17/h1-8H. The van der Waals surface area contributed by atoms with Crippen LogP contribution in [0.3, 0.4) is 0 Å². The second kappa shape index (κ2) is 4.68. The summed E-state index contributed by atoms with van der Waals surface area (Å²) in [7, 11) is 0. The summed E-state index contributed by atoms with van der Waals surface area (Å²) in [4.78, 5) is 0. The summed E-state index contributed by atoms with van der Waals surface area (Å²) in [6, 6.07) is 12.7. The van der Waals surface area contributed by atoms with E-state index in [-0.39, 0.29) is 5.56 Å². The highest BCUT2D eigenvalue weighted by atomic mass is 127. The van der Waals surface area contributed by atoms with Gasteiger partial charge in [-0.15, -0.1) is 0 Å². The van der Waals surface area contributed by atoms with Crippen molar-refractivity contribution in [1.82, 2.24) is 0 Å². The maximum Gasteiger partial charge on any atom is 0.417 e. The van der Waals surface area contributed by atoms with Gasteiger partial charge in [-0.1, -0.05) is 36.4 Å². The van der Waals surface area contributed by atoms with Gasteiger partial charge in [0.2, 0.25) is 0 Å². The van der Waals surface area contributed by atoms with Gasteiger partial charge in [0.05, 0.1) is 5.56 Å². The molecule has 0 aliphatic carbocycles. The molecule has 0 aliphatic rings. The predicted octanol–water partition coefficient (Wildman–Crippen LogP) is 4.98. The van der Waals surface area contributed by atoms with Crippen molar-refractivity contribution in [2.75, 3.05) is 0 Å². The third-order valence-corrected chi connectivity index (χ3v) is 3.34. The molecule has 0 N–H and O–H groups in total. The molecular weight excluding hydrogens is 340 g/mol. The number of alkyl halides is 3. The summed E-state index contributed by atoms with van der Waals surface area (Å²) in [6.07, 6.45) is -4.32. The normalized spacial score (nSPS) is 11.5. The van der Waals surface area contributed by atoms with E-state index in [9.17, 15) is 13.2 Å². The van der Waals surface area contributed by atoms with Crippen LogP contribution in [-0.4, -0.2) is 0 Å². The first-order valence-corrected chi connectivity index (χ1v) is 5.99. The Hall–Kier alpha value is -1.04. The minimum Gasteiger partial charge on any atom is -0.166 e. The van der Waals surface area contributed by atoms with Crippen LogP contribution in [0.2, 0.25) is 0 Å². The third-order valence-electron chi connectivity index (χ3n) is 2.40. The van der Waals surface area contributed by atoms with E-state index in [0.29, 0.717) is 5.56 Å². The Kier molecular flexibility index (Phi) is 3.42. The molecule has 0 aromatic heterocycles. The molecule has 88 valence electrons. The maximum atomic E-state index is 12.9. The van der Waals surface area contributed by atoms with E-state index < -0.39 is 11.7 Å². The molecule has 0 nitrogen and oxygen atoms in total. The zero-order valence-electron chi connectivity index (χ0n) is 8.63. The van der Waals surface area contributed by atoms with Crippen LogP contribution in [0.25, 0.3) is 11.1 Å². The molecule has 0 heterocycles. The lowest BCUT2D eigenvalue weighted by Crippen LogP contribution is -2.07. The van der Waals surface area contributed by atoms with Crippen molar-refractivity contribution in [2.24, 2.45) is 0 Å². The first-order valence-electron chi connectivity index (χ1n) is 4.91. The van der Waals surface area contributed by atoms with E-state index in [1.54, 1.807) is 24.3 Å². The molecule has 0 amide bonds. The molecular formula is C13H8F3I. The van der Waals surface area contributed by atoms with E-state index in [1.165, 1.54) is 12.1 Å². The molecule has 0 spiro atoms. The van der Waals surface area contributed by atoms with Gasteiger partial charge in [0, 0.05) is 3.57 Å². The Morgan fingerprint density at radius 2 is 1.29 bits per heavy atom.